The van der Waals surface area contributed by atoms with E-state index in [0.717, 1.165) is 29.8 Å². The van der Waals surface area contributed by atoms with Gasteiger partial charge in [0.1, 0.15) is 12.1 Å². The van der Waals surface area contributed by atoms with Crippen LogP contribution in [0.4, 0.5) is 5.82 Å². The van der Waals surface area contributed by atoms with E-state index < -0.39 is 0 Å². The van der Waals surface area contributed by atoms with E-state index in [2.05, 4.69) is 32.6 Å². The van der Waals surface area contributed by atoms with Crippen LogP contribution in [0.15, 0.2) is 12.5 Å². The number of fused-ring (bicyclic) bond motifs is 1. The second kappa shape index (κ2) is 6.83. The van der Waals surface area contributed by atoms with Gasteiger partial charge in [0, 0.05) is 19.5 Å². The number of rotatable bonds is 7. The molecule has 1 amide bonds. The van der Waals surface area contributed by atoms with Crippen LogP contribution in [0.1, 0.15) is 26.7 Å². The number of carbonyl (C=O) groups is 1. The van der Waals surface area contributed by atoms with E-state index in [-0.39, 0.29) is 5.91 Å². The van der Waals surface area contributed by atoms with Crippen molar-refractivity contribution in [2.24, 2.45) is 0 Å². The maximum absolute atomic E-state index is 11.2. The average molecular weight is 276 g/mol. The number of amides is 1. The van der Waals surface area contributed by atoms with Gasteiger partial charge in [0.25, 0.3) is 0 Å². The predicted molar refractivity (Wildman–Crippen MR) is 77.4 cm³/mol. The van der Waals surface area contributed by atoms with Gasteiger partial charge in [-0.2, -0.15) is 5.10 Å². The van der Waals surface area contributed by atoms with Gasteiger partial charge in [0.2, 0.25) is 5.91 Å². The number of anilines is 1. The van der Waals surface area contributed by atoms with Crippen molar-refractivity contribution in [3.05, 3.63) is 12.5 Å². The first-order valence-electron chi connectivity index (χ1n) is 6.93. The Hall–Kier alpha value is -2.18. The number of carbonyl (C=O) groups excluding carboxylic acids is 1. The van der Waals surface area contributed by atoms with E-state index in [1.165, 1.54) is 6.33 Å². The second-order valence-corrected chi connectivity index (χ2v) is 4.46. The Morgan fingerprint density at radius 1 is 1.30 bits per heavy atom. The summed E-state index contributed by atoms with van der Waals surface area (Å²) in [7, 11) is 0. The molecule has 20 heavy (non-hydrogen) atoms. The molecule has 2 rings (SSSR count). The zero-order valence-electron chi connectivity index (χ0n) is 11.9. The van der Waals surface area contributed by atoms with Crippen LogP contribution in [-0.4, -0.2) is 38.7 Å². The summed E-state index contributed by atoms with van der Waals surface area (Å²) in [4.78, 5) is 19.7. The summed E-state index contributed by atoms with van der Waals surface area (Å²) in [5, 5.41) is 11.3. The molecule has 0 bridgehead atoms. The number of hydrogen-bond acceptors (Lipinski definition) is 5. The summed E-state index contributed by atoms with van der Waals surface area (Å²) in [5.74, 6) is 0.849. The Morgan fingerprint density at radius 3 is 2.90 bits per heavy atom. The largest absolute Gasteiger partial charge is 0.369 e. The molecule has 0 aliphatic carbocycles. The minimum Gasteiger partial charge on any atom is -0.369 e. The molecule has 2 heterocycles. The lowest BCUT2D eigenvalue weighted by Crippen LogP contribution is -2.26. The van der Waals surface area contributed by atoms with Crippen LogP contribution >= 0.6 is 0 Å². The molecule has 0 saturated heterocycles. The van der Waals surface area contributed by atoms with E-state index in [4.69, 9.17) is 0 Å². The van der Waals surface area contributed by atoms with Gasteiger partial charge in [0.05, 0.1) is 18.1 Å². The molecule has 7 heteroatoms. The molecule has 0 saturated carbocycles. The van der Waals surface area contributed by atoms with Crippen molar-refractivity contribution < 1.29 is 4.79 Å². The molecule has 7 nitrogen and oxygen atoms in total. The predicted octanol–water partition coefficient (Wildman–Crippen LogP) is 1.17. The molecule has 2 N–H and O–H groups in total. The fraction of sp³-hybridized carbons (Fsp3) is 0.538. The van der Waals surface area contributed by atoms with E-state index in [9.17, 15) is 4.79 Å². The SMILES string of the molecule is CCCNc1ncnc2c1cnn2CCNC(=O)CC. The molecule has 108 valence electrons. The highest BCUT2D eigenvalue weighted by molar-refractivity contribution is 5.86. The number of nitrogens with zero attached hydrogens (tertiary/aromatic N) is 4. The fourth-order valence-electron chi connectivity index (χ4n) is 1.87. The Kier molecular flexibility index (Phi) is 4.86. The highest BCUT2D eigenvalue weighted by Gasteiger charge is 2.09. The Balaban J connectivity index is 2.09. The van der Waals surface area contributed by atoms with Crippen LogP contribution in [0.5, 0.6) is 0 Å². The zero-order chi connectivity index (χ0) is 14.4. The quantitative estimate of drug-likeness (QED) is 0.793. The van der Waals surface area contributed by atoms with Crippen molar-refractivity contribution in [2.45, 2.75) is 33.2 Å². The minimum absolute atomic E-state index is 0.0430. The molecule has 0 radical (unpaired) electrons. The number of hydrogen-bond donors (Lipinski definition) is 2. The molecular weight excluding hydrogens is 256 g/mol. The Labute approximate surface area is 117 Å². The first-order valence-corrected chi connectivity index (χ1v) is 6.93. The third kappa shape index (κ3) is 3.23. The molecule has 2 aromatic heterocycles. The summed E-state index contributed by atoms with van der Waals surface area (Å²) in [5.41, 5.74) is 0.782. The molecule has 0 unspecified atom stereocenters. The first kappa shape index (κ1) is 14.2. The maximum Gasteiger partial charge on any atom is 0.219 e. The van der Waals surface area contributed by atoms with Crippen LogP contribution < -0.4 is 10.6 Å². The average Bonchev–Trinajstić information content (AvgIpc) is 2.89. The summed E-state index contributed by atoms with van der Waals surface area (Å²) >= 11 is 0. The van der Waals surface area contributed by atoms with Crippen molar-refractivity contribution in [1.29, 1.82) is 0 Å². The van der Waals surface area contributed by atoms with Crippen molar-refractivity contribution >= 4 is 22.8 Å². The highest BCUT2D eigenvalue weighted by Crippen LogP contribution is 2.18. The summed E-state index contributed by atoms with van der Waals surface area (Å²) in [6.07, 6.45) is 4.81. The van der Waals surface area contributed by atoms with Gasteiger partial charge < -0.3 is 10.6 Å². The fourth-order valence-corrected chi connectivity index (χ4v) is 1.87. The number of aromatic nitrogens is 4. The molecular formula is C13H20N6O. The topological polar surface area (TPSA) is 84.7 Å². The summed E-state index contributed by atoms with van der Waals surface area (Å²) in [6, 6.07) is 0. The molecule has 0 aliphatic rings. The van der Waals surface area contributed by atoms with Crippen LogP contribution in [-0.2, 0) is 11.3 Å². The van der Waals surface area contributed by atoms with Crippen LogP contribution in [0.25, 0.3) is 11.0 Å². The lowest BCUT2D eigenvalue weighted by Gasteiger charge is -2.06. The Bertz CT molecular complexity index is 579. The molecule has 0 aliphatic heterocycles. The first-order chi connectivity index (χ1) is 9.76. The lowest BCUT2D eigenvalue weighted by atomic mass is 10.3. The summed E-state index contributed by atoms with van der Waals surface area (Å²) < 4.78 is 1.78. The third-order valence-corrected chi connectivity index (χ3v) is 2.94. The summed E-state index contributed by atoms with van der Waals surface area (Å²) in [6.45, 7) is 5.94. The van der Waals surface area contributed by atoms with Gasteiger partial charge >= 0.3 is 0 Å². The molecule has 0 fully saturated rings. The van der Waals surface area contributed by atoms with Gasteiger partial charge in [-0.15, -0.1) is 0 Å². The van der Waals surface area contributed by atoms with Gasteiger partial charge in [0.15, 0.2) is 5.65 Å². The Morgan fingerprint density at radius 2 is 2.15 bits per heavy atom. The van der Waals surface area contributed by atoms with Crippen LogP contribution in [0.3, 0.4) is 0 Å². The monoisotopic (exact) mass is 276 g/mol. The van der Waals surface area contributed by atoms with Crippen molar-refractivity contribution in [3.8, 4) is 0 Å². The molecule has 0 spiro atoms. The maximum atomic E-state index is 11.2. The lowest BCUT2D eigenvalue weighted by molar-refractivity contribution is -0.120. The van der Waals surface area contributed by atoms with Gasteiger partial charge in [-0.3, -0.25) is 4.79 Å². The van der Waals surface area contributed by atoms with Gasteiger partial charge in [-0.25, -0.2) is 14.6 Å². The highest BCUT2D eigenvalue weighted by atomic mass is 16.1. The number of nitrogens with one attached hydrogen (secondary N) is 2. The second-order valence-electron chi connectivity index (χ2n) is 4.46. The normalized spacial score (nSPS) is 10.7. The van der Waals surface area contributed by atoms with Crippen LogP contribution in [0, 0.1) is 0 Å². The minimum atomic E-state index is 0.0430. The van der Waals surface area contributed by atoms with Gasteiger partial charge in [-0.1, -0.05) is 13.8 Å². The third-order valence-electron chi connectivity index (χ3n) is 2.94. The smallest absolute Gasteiger partial charge is 0.219 e. The standard InChI is InChI=1S/C13H20N6O/c1-3-5-15-12-10-8-18-19(13(10)17-9-16-12)7-6-14-11(20)4-2/h8-9H,3-7H2,1-2H3,(H,14,20)(H,15,16,17). The van der Waals surface area contributed by atoms with Gasteiger partial charge in [-0.05, 0) is 6.42 Å². The van der Waals surface area contributed by atoms with Crippen molar-refractivity contribution in [3.63, 3.8) is 0 Å². The molecule has 0 aromatic carbocycles. The zero-order valence-corrected chi connectivity index (χ0v) is 11.9. The van der Waals surface area contributed by atoms with E-state index in [0.29, 0.717) is 19.5 Å². The van der Waals surface area contributed by atoms with E-state index >= 15 is 0 Å². The molecule has 2 aromatic rings. The molecule has 0 atom stereocenters. The van der Waals surface area contributed by atoms with Crippen molar-refractivity contribution in [2.75, 3.05) is 18.4 Å². The van der Waals surface area contributed by atoms with Crippen molar-refractivity contribution in [1.82, 2.24) is 25.1 Å². The van der Waals surface area contributed by atoms with Crippen LogP contribution in [0.2, 0.25) is 0 Å². The van der Waals surface area contributed by atoms with E-state index in [1.54, 1.807) is 10.9 Å². The van der Waals surface area contributed by atoms with E-state index in [1.807, 2.05) is 6.92 Å².